The average molecular weight is 281 g/mol. The third-order valence-corrected chi connectivity index (χ3v) is 3.86. The second-order valence-electron chi connectivity index (χ2n) is 5.64. The fraction of sp³-hybridized carbons (Fsp3) is 0.846. The van der Waals surface area contributed by atoms with E-state index in [1.54, 1.807) is 0 Å². The molecule has 0 aromatic carbocycles. The van der Waals surface area contributed by atoms with Crippen molar-refractivity contribution in [2.45, 2.75) is 69.9 Å². The molecule has 0 aliphatic heterocycles. The zero-order valence-corrected chi connectivity index (χ0v) is 11.9. The van der Waals surface area contributed by atoms with E-state index in [9.17, 15) is 9.90 Å². The smallest absolute Gasteiger partial charge is 0.223 e. The van der Waals surface area contributed by atoms with Crippen molar-refractivity contribution < 1.29 is 9.90 Å². The van der Waals surface area contributed by atoms with Gasteiger partial charge in [-0.15, -0.1) is 10.2 Å². The van der Waals surface area contributed by atoms with Crippen LogP contribution in [-0.2, 0) is 4.79 Å². The molecule has 3 N–H and O–H groups in total. The number of carbonyl (C=O) groups is 1. The van der Waals surface area contributed by atoms with E-state index >= 15 is 0 Å². The number of amides is 1. The zero-order chi connectivity index (χ0) is 14.4. The summed E-state index contributed by atoms with van der Waals surface area (Å²) in [5, 5.41) is 27.1. The Hall–Kier alpha value is -1.50. The highest BCUT2D eigenvalue weighted by Crippen LogP contribution is 2.31. The molecule has 1 amide bonds. The van der Waals surface area contributed by atoms with Gasteiger partial charge in [-0.3, -0.25) is 4.79 Å². The normalized spacial score (nSPS) is 19.5. The number of rotatable bonds is 6. The van der Waals surface area contributed by atoms with Gasteiger partial charge in [0.2, 0.25) is 5.91 Å². The predicted molar refractivity (Wildman–Crippen MR) is 72.6 cm³/mol. The Balaban J connectivity index is 1.91. The van der Waals surface area contributed by atoms with Crippen molar-refractivity contribution in [3.63, 3.8) is 0 Å². The van der Waals surface area contributed by atoms with Gasteiger partial charge >= 0.3 is 0 Å². The highest BCUT2D eigenvalue weighted by Gasteiger charge is 2.32. The van der Waals surface area contributed by atoms with Crippen LogP contribution in [0.4, 0.5) is 0 Å². The van der Waals surface area contributed by atoms with E-state index in [4.69, 9.17) is 0 Å². The Morgan fingerprint density at radius 3 is 2.80 bits per heavy atom. The maximum atomic E-state index is 12.1. The number of aromatic nitrogens is 4. The van der Waals surface area contributed by atoms with Crippen LogP contribution in [0, 0.1) is 0 Å². The van der Waals surface area contributed by atoms with E-state index in [1.807, 2.05) is 6.92 Å². The van der Waals surface area contributed by atoms with Gasteiger partial charge in [0, 0.05) is 0 Å². The quantitative estimate of drug-likeness (QED) is 0.728. The number of nitrogens with zero attached hydrogens (tertiary/aromatic N) is 3. The molecule has 1 atom stereocenters. The minimum absolute atomic E-state index is 0.141. The first kappa shape index (κ1) is 14.9. The van der Waals surface area contributed by atoms with Gasteiger partial charge in [-0.2, -0.15) is 5.21 Å². The first-order chi connectivity index (χ1) is 9.63. The van der Waals surface area contributed by atoms with Gasteiger partial charge in [-0.1, -0.05) is 37.8 Å². The van der Waals surface area contributed by atoms with Crippen molar-refractivity contribution in [1.29, 1.82) is 0 Å². The second kappa shape index (κ2) is 6.78. The lowest BCUT2D eigenvalue weighted by Crippen LogP contribution is -2.39. The van der Waals surface area contributed by atoms with Crippen LogP contribution < -0.4 is 5.32 Å². The summed E-state index contributed by atoms with van der Waals surface area (Å²) in [6, 6.07) is -0.238. The third-order valence-electron chi connectivity index (χ3n) is 3.86. The molecule has 0 saturated heterocycles. The number of aliphatic hydroxyl groups is 1. The van der Waals surface area contributed by atoms with E-state index in [0.29, 0.717) is 18.7 Å². The molecule has 7 heteroatoms. The van der Waals surface area contributed by atoms with Gasteiger partial charge in [0.15, 0.2) is 5.82 Å². The largest absolute Gasteiger partial charge is 0.389 e. The van der Waals surface area contributed by atoms with Gasteiger partial charge in [-0.25, -0.2) is 0 Å². The van der Waals surface area contributed by atoms with Crippen LogP contribution >= 0.6 is 0 Å². The summed E-state index contributed by atoms with van der Waals surface area (Å²) in [4.78, 5) is 12.1. The van der Waals surface area contributed by atoms with Gasteiger partial charge in [0.25, 0.3) is 0 Å². The standard InChI is InChI=1S/C13H23N5O2/c1-2-6-10(12-15-17-18-16-12)14-11(19)9-13(20)7-4-3-5-8-13/h10,20H,2-9H2,1H3,(H,14,19)(H,15,16,17,18). The first-order valence-corrected chi connectivity index (χ1v) is 7.38. The lowest BCUT2D eigenvalue weighted by atomic mass is 9.82. The predicted octanol–water partition coefficient (Wildman–Crippen LogP) is 1.24. The molecule has 0 bridgehead atoms. The lowest BCUT2D eigenvalue weighted by molar-refractivity contribution is -0.128. The van der Waals surface area contributed by atoms with E-state index in [0.717, 1.165) is 32.1 Å². The number of tetrazole rings is 1. The molecule has 2 rings (SSSR count). The van der Waals surface area contributed by atoms with Crippen molar-refractivity contribution in [3.8, 4) is 0 Å². The minimum atomic E-state index is -0.837. The van der Waals surface area contributed by atoms with Crippen LogP contribution in [0.3, 0.4) is 0 Å². The van der Waals surface area contributed by atoms with Crippen molar-refractivity contribution in [1.82, 2.24) is 25.9 Å². The molecule has 1 aromatic heterocycles. The molecule has 1 fully saturated rings. The number of hydrogen-bond acceptors (Lipinski definition) is 5. The van der Waals surface area contributed by atoms with Crippen LogP contribution in [0.5, 0.6) is 0 Å². The lowest BCUT2D eigenvalue weighted by Gasteiger charge is -2.31. The molecule has 1 aromatic rings. The van der Waals surface area contributed by atoms with Crippen LogP contribution in [0.15, 0.2) is 0 Å². The summed E-state index contributed by atoms with van der Waals surface area (Å²) in [7, 11) is 0. The van der Waals surface area contributed by atoms with E-state index in [-0.39, 0.29) is 18.4 Å². The molecule has 1 aliphatic carbocycles. The molecular weight excluding hydrogens is 258 g/mol. The third kappa shape index (κ3) is 4.00. The summed E-state index contributed by atoms with van der Waals surface area (Å²) in [5.74, 6) is 0.355. The summed E-state index contributed by atoms with van der Waals surface area (Å²) in [5.41, 5.74) is -0.837. The summed E-state index contributed by atoms with van der Waals surface area (Å²) in [6.45, 7) is 2.04. The minimum Gasteiger partial charge on any atom is -0.389 e. The van der Waals surface area contributed by atoms with Crippen molar-refractivity contribution in [3.05, 3.63) is 5.82 Å². The maximum Gasteiger partial charge on any atom is 0.223 e. The molecule has 1 unspecified atom stereocenters. The van der Waals surface area contributed by atoms with Gasteiger partial charge in [0.1, 0.15) is 0 Å². The maximum absolute atomic E-state index is 12.1. The SMILES string of the molecule is CCCC(NC(=O)CC1(O)CCCCC1)c1nn[nH]n1. The molecule has 1 heterocycles. The molecule has 7 nitrogen and oxygen atoms in total. The Morgan fingerprint density at radius 1 is 1.45 bits per heavy atom. The number of hydrogen-bond donors (Lipinski definition) is 3. The first-order valence-electron chi connectivity index (χ1n) is 7.38. The highest BCUT2D eigenvalue weighted by molar-refractivity contribution is 5.77. The zero-order valence-electron chi connectivity index (χ0n) is 11.9. The molecule has 20 heavy (non-hydrogen) atoms. The summed E-state index contributed by atoms with van der Waals surface area (Å²) in [6.07, 6.45) is 6.37. The Bertz CT molecular complexity index is 414. The number of nitrogens with one attached hydrogen (secondary N) is 2. The molecule has 0 radical (unpaired) electrons. The Labute approximate surface area is 118 Å². The van der Waals surface area contributed by atoms with Crippen molar-refractivity contribution in [2.75, 3.05) is 0 Å². The molecular formula is C13H23N5O2. The van der Waals surface area contributed by atoms with Crippen molar-refractivity contribution in [2.24, 2.45) is 0 Å². The van der Waals surface area contributed by atoms with E-state index in [2.05, 4.69) is 25.9 Å². The summed E-state index contributed by atoms with van der Waals surface area (Å²) >= 11 is 0. The number of carbonyl (C=O) groups excluding carboxylic acids is 1. The van der Waals surface area contributed by atoms with E-state index < -0.39 is 5.60 Å². The molecule has 1 saturated carbocycles. The fourth-order valence-corrected chi connectivity index (χ4v) is 2.80. The average Bonchev–Trinajstić information content (AvgIpc) is 2.92. The van der Waals surface area contributed by atoms with Crippen LogP contribution in [-0.4, -0.2) is 37.2 Å². The van der Waals surface area contributed by atoms with Gasteiger partial charge in [-0.05, 0) is 19.3 Å². The highest BCUT2D eigenvalue weighted by atomic mass is 16.3. The Kier molecular flexibility index (Phi) is 5.05. The monoisotopic (exact) mass is 281 g/mol. The van der Waals surface area contributed by atoms with Crippen LogP contribution in [0.25, 0.3) is 0 Å². The van der Waals surface area contributed by atoms with Crippen LogP contribution in [0.1, 0.15) is 70.2 Å². The number of aromatic amines is 1. The second-order valence-corrected chi connectivity index (χ2v) is 5.64. The van der Waals surface area contributed by atoms with Crippen molar-refractivity contribution >= 4 is 5.91 Å². The Morgan fingerprint density at radius 2 is 2.20 bits per heavy atom. The topological polar surface area (TPSA) is 104 Å². The molecule has 0 spiro atoms. The van der Waals surface area contributed by atoms with Gasteiger partial charge in [0.05, 0.1) is 18.1 Å². The van der Waals surface area contributed by atoms with E-state index in [1.165, 1.54) is 0 Å². The van der Waals surface area contributed by atoms with Crippen LogP contribution in [0.2, 0.25) is 0 Å². The fourth-order valence-electron chi connectivity index (χ4n) is 2.80. The molecule has 112 valence electrons. The molecule has 1 aliphatic rings. The van der Waals surface area contributed by atoms with Gasteiger partial charge < -0.3 is 10.4 Å². The summed E-state index contributed by atoms with van der Waals surface area (Å²) < 4.78 is 0. The number of H-pyrrole nitrogens is 1.